The van der Waals surface area contributed by atoms with E-state index in [0.717, 1.165) is 71.3 Å². The maximum absolute atomic E-state index is 5.83. The molecule has 6 heteroatoms. The van der Waals surface area contributed by atoms with Gasteiger partial charge in [-0.3, -0.25) is 4.99 Å². The summed E-state index contributed by atoms with van der Waals surface area (Å²) in [6, 6.07) is 0. The molecule has 0 aromatic heterocycles. The molecule has 0 spiro atoms. The van der Waals surface area contributed by atoms with Crippen molar-refractivity contribution in [3.63, 3.8) is 0 Å². The minimum absolute atomic E-state index is 0.689. The Morgan fingerprint density at radius 2 is 2.00 bits per heavy atom. The predicted octanol–water partition coefficient (Wildman–Crippen LogP) is 2.11. The largest absolute Gasteiger partial charge is 0.381 e. The monoisotopic (exact) mass is 368 g/mol. The van der Waals surface area contributed by atoms with Crippen molar-refractivity contribution in [1.29, 1.82) is 0 Å². The first kappa shape index (κ1) is 21.5. The van der Waals surface area contributed by atoms with Crippen LogP contribution in [0.2, 0.25) is 0 Å². The number of nitrogens with zero attached hydrogens (tertiary/aromatic N) is 2. The summed E-state index contributed by atoms with van der Waals surface area (Å²) in [5.41, 5.74) is 0. The molecule has 0 amide bonds. The van der Waals surface area contributed by atoms with Crippen LogP contribution in [0.15, 0.2) is 4.99 Å². The number of hydrogen-bond acceptors (Lipinski definition) is 4. The van der Waals surface area contributed by atoms with E-state index in [1.54, 1.807) is 0 Å². The van der Waals surface area contributed by atoms with Crippen molar-refractivity contribution in [3.05, 3.63) is 0 Å². The Hall–Kier alpha value is -0.850. The zero-order chi connectivity index (χ0) is 18.5. The summed E-state index contributed by atoms with van der Waals surface area (Å²) in [5, 5.41) is 6.80. The molecule has 2 saturated heterocycles. The second-order valence-electron chi connectivity index (χ2n) is 7.59. The SMILES string of the molecule is CCCN1CCC(CN=C(NCC)NCCCOCC2CCOCC2)C1. The maximum Gasteiger partial charge on any atom is 0.191 e. The molecule has 0 aromatic rings. The van der Waals surface area contributed by atoms with Gasteiger partial charge in [0.15, 0.2) is 5.96 Å². The lowest BCUT2D eigenvalue weighted by Crippen LogP contribution is -2.38. The molecule has 1 unspecified atom stereocenters. The van der Waals surface area contributed by atoms with Crippen LogP contribution in [0.4, 0.5) is 0 Å². The summed E-state index contributed by atoms with van der Waals surface area (Å²) in [6.45, 7) is 14.3. The highest BCUT2D eigenvalue weighted by molar-refractivity contribution is 5.79. The molecule has 0 bridgehead atoms. The third-order valence-corrected chi connectivity index (χ3v) is 5.21. The van der Waals surface area contributed by atoms with Crippen LogP contribution in [-0.2, 0) is 9.47 Å². The van der Waals surface area contributed by atoms with E-state index in [0.29, 0.717) is 11.8 Å². The van der Waals surface area contributed by atoms with E-state index in [9.17, 15) is 0 Å². The Balaban J connectivity index is 1.55. The molecule has 0 aliphatic carbocycles. The van der Waals surface area contributed by atoms with Crippen LogP contribution < -0.4 is 10.6 Å². The molecule has 2 aliphatic rings. The number of hydrogen-bond donors (Lipinski definition) is 2. The Morgan fingerprint density at radius 3 is 2.77 bits per heavy atom. The van der Waals surface area contributed by atoms with Crippen molar-refractivity contribution < 1.29 is 9.47 Å². The summed E-state index contributed by atoms with van der Waals surface area (Å²) in [7, 11) is 0. The molecule has 2 heterocycles. The van der Waals surface area contributed by atoms with Crippen molar-refractivity contribution in [3.8, 4) is 0 Å². The molecule has 0 saturated carbocycles. The number of ether oxygens (including phenoxy) is 2. The summed E-state index contributed by atoms with van der Waals surface area (Å²) in [5.74, 6) is 2.35. The second-order valence-corrected chi connectivity index (χ2v) is 7.59. The van der Waals surface area contributed by atoms with Gasteiger partial charge in [0.05, 0.1) is 0 Å². The quantitative estimate of drug-likeness (QED) is 0.332. The number of nitrogens with one attached hydrogen (secondary N) is 2. The molecule has 1 atom stereocenters. The topological polar surface area (TPSA) is 58.1 Å². The molecule has 0 aromatic carbocycles. The fraction of sp³-hybridized carbons (Fsp3) is 0.950. The average Bonchev–Trinajstić information content (AvgIpc) is 3.11. The van der Waals surface area contributed by atoms with Gasteiger partial charge in [0.25, 0.3) is 0 Å². The van der Waals surface area contributed by atoms with Gasteiger partial charge in [-0.2, -0.15) is 0 Å². The van der Waals surface area contributed by atoms with E-state index in [-0.39, 0.29) is 0 Å². The minimum Gasteiger partial charge on any atom is -0.381 e. The highest BCUT2D eigenvalue weighted by Crippen LogP contribution is 2.16. The molecule has 26 heavy (non-hydrogen) atoms. The lowest BCUT2D eigenvalue weighted by atomic mass is 10.0. The van der Waals surface area contributed by atoms with Gasteiger partial charge >= 0.3 is 0 Å². The number of rotatable bonds is 11. The third-order valence-electron chi connectivity index (χ3n) is 5.21. The zero-order valence-corrected chi connectivity index (χ0v) is 17.0. The molecule has 2 rings (SSSR count). The lowest BCUT2D eigenvalue weighted by molar-refractivity contribution is 0.0203. The van der Waals surface area contributed by atoms with Crippen molar-refractivity contribution in [2.45, 2.75) is 46.0 Å². The molecule has 2 N–H and O–H groups in total. The number of likely N-dealkylation sites (tertiary alicyclic amines) is 1. The summed E-state index contributed by atoms with van der Waals surface area (Å²) < 4.78 is 11.2. The number of aliphatic imine (C=N–C) groups is 1. The highest BCUT2D eigenvalue weighted by atomic mass is 16.5. The fourth-order valence-corrected chi connectivity index (χ4v) is 3.69. The number of guanidine groups is 1. The summed E-state index contributed by atoms with van der Waals surface area (Å²) in [4.78, 5) is 7.36. The van der Waals surface area contributed by atoms with Gasteiger partial charge in [-0.1, -0.05) is 6.92 Å². The Kier molecular flexibility index (Phi) is 11.0. The van der Waals surface area contributed by atoms with Crippen LogP contribution in [0.25, 0.3) is 0 Å². The Morgan fingerprint density at radius 1 is 1.15 bits per heavy atom. The Bertz CT molecular complexity index is 386. The fourth-order valence-electron chi connectivity index (χ4n) is 3.69. The minimum atomic E-state index is 0.689. The zero-order valence-electron chi connectivity index (χ0n) is 17.0. The molecule has 2 fully saturated rings. The van der Waals surface area contributed by atoms with Gasteiger partial charge in [-0.15, -0.1) is 0 Å². The van der Waals surface area contributed by atoms with Gasteiger partial charge in [-0.05, 0) is 64.0 Å². The smallest absolute Gasteiger partial charge is 0.191 e. The molecule has 2 aliphatic heterocycles. The highest BCUT2D eigenvalue weighted by Gasteiger charge is 2.21. The molecular formula is C20H40N4O2. The van der Waals surface area contributed by atoms with Crippen molar-refractivity contribution >= 4 is 5.96 Å². The first-order valence-corrected chi connectivity index (χ1v) is 10.7. The predicted molar refractivity (Wildman–Crippen MR) is 108 cm³/mol. The summed E-state index contributed by atoms with van der Waals surface area (Å²) >= 11 is 0. The van der Waals surface area contributed by atoms with E-state index < -0.39 is 0 Å². The van der Waals surface area contributed by atoms with Crippen molar-refractivity contribution in [1.82, 2.24) is 15.5 Å². The van der Waals surface area contributed by atoms with E-state index in [2.05, 4.69) is 29.4 Å². The third kappa shape index (κ3) is 8.69. The molecule has 6 nitrogen and oxygen atoms in total. The van der Waals surface area contributed by atoms with Crippen LogP contribution in [0.1, 0.15) is 46.0 Å². The first-order chi connectivity index (χ1) is 12.8. The maximum atomic E-state index is 5.83. The average molecular weight is 369 g/mol. The lowest BCUT2D eigenvalue weighted by Gasteiger charge is -2.21. The molecular weight excluding hydrogens is 328 g/mol. The first-order valence-electron chi connectivity index (χ1n) is 10.7. The molecule has 0 radical (unpaired) electrons. The van der Waals surface area contributed by atoms with Crippen LogP contribution in [0.3, 0.4) is 0 Å². The van der Waals surface area contributed by atoms with Crippen LogP contribution in [0, 0.1) is 11.8 Å². The van der Waals surface area contributed by atoms with Gasteiger partial charge in [0.1, 0.15) is 0 Å². The van der Waals surface area contributed by atoms with Crippen LogP contribution >= 0.6 is 0 Å². The van der Waals surface area contributed by atoms with Crippen molar-refractivity contribution in [2.75, 3.05) is 65.7 Å². The van der Waals surface area contributed by atoms with E-state index in [4.69, 9.17) is 14.5 Å². The standard InChI is InChI=1S/C20H40N4O2/c1-3-10-24-11-6-19(16-24)15-23-20(21-4-2)22-9-5-12-26-17-18-7-13-25-14-8-18/h18-19H,3-17H2,1-2H3,(H2,21,22,23). The van der Waals surface area contributed by atoms with Crippen LogP contribution in [-0.4, -0.2) is 76.6 Å². The molecule has 152 valence electrons. The summed E-state index contributed by atoms with van der Waals surface area (Å²) in [6.07, 6.45) is 5.83. The normalized spacial score (nSPS) is 22.7. The van der Waals surface area contributed by atoms with Gasteiger partial charge in [0, 0.05) is 52.6 Å². The second kappa shape index (κ2) is 13.3. The Labute approximate surface area is 160 Å². The van der Waals surface area contributed by atoms with Gasteiger partial charge in [-0.25, -0.2) is 0 Å². The van der Waals surface area contributed by atoms with E-state index >= 15 is 0 Å². The van der Waals surface area contributed by atoms with Gasteiger partial charge < -0.3 is 25.0 Å². The van der Waals surface area contributed by atoms with E-state index in [1.807, 2.05) is 0 Å². The van der Waals surface area contributed by atoms with Gasteiger partial charge in [0.2, 0.25) is 0 Å². The van der Waals surface area contributed by atoms with Crippen LogP contribution in [0.5, 0.6) is 0 Å². The van der Waals surface area contributed by atoms with Crippen molar-refractivity contribution in [2.24, 2.45) is 16.8 Å². The van der Waals surface area contributed by atoms with E-state index in [1.165, 1.54) is 32.5 Å².